The summed E-state index contributed by atoms with van der Waals surface area (Å²) in [6.07, 6.45) is 4.86. The van der Waals surface area contributed by atoms with Crippen LogP contribution in [0.1, 0.15) is 50.4 Å². The Hall–Kier alpha value is -3.13. The molecular formula is C22H22N2O5S. The van der Waals surface area contributed by atoms with E-state index in [1.54, 1.807) is 24.3 Å². The maximum Gasteiger partial charge on any atom is 0.341 e. The van der Waals surface area contributed by atoms with E-state index in [9.17, 15) is 9.59 Å². The number of methoxy groups -OCH3 is 2. The SMILES string of the molecule is COC(=O)c1c(NC(=O)c2cc3cccc(OC)c3oc2=N)sc2c1CCCCC2. The van der Waals surface area contributed by atoms with Gasteiger partial charge < -0.3 is 19.2 Å². The number of para-hydroxylation sites is 1. The number of carbonyl (C=O) groups is 2. The van der Waals surface area contributed by atoms with Crippen molar-refractivity contribution in [2.75, 3.05) is 19.5 Å². The molecule has 156 valence electrons. The van der Waals surface area contributed by atoms with Crippen LogP contribution >= 0.6 is 11.3 Å². The topological polar surface area (TPSA) is 102 Å². The van der Waals surface area contributed by atoms with E-state index < -0.39 is 11.9 Å². The lowest BCUT2D eigenvalue weighted by Crippen LogP contribution is -2.21. The summed E-state index contributed by atoms with van der Waals surface area (Å²) in [6.45, 7) is 0. The second-order valence-corrected chi connectivity index (χ2v) is 8.19. The average molecular weight is 426 g/mol. The van der Waals surface area contributed by atoms with Gasteiger partial charge in [0.2, 0.25) is 5.55 Å². The predicted octanol–water partition coefficient (Wildman–Crippen LogP) is 4.29. The van der Waals surface area contributed by atoms with E-state index in [2.05, 4.69) is 5.32 Å². The first-order chi connectivity index (χ1) is 14.5. The average Bonchev–Trinajstić information content (AvgIpc) is 2.92. The molecule has 2 N–H and O–H groups in total. The van der Waals surface area contributed by atoms with Crippen molar-refractivity contribution < 1.29 is 23.5 Å². The summed E-state index contributed by atoms with van der Waals surface area (Å²) in [4.78, 5) is 26.6. The van der Waals surface area contributed by atoms with Gasteiger partial charge in [0.15, 0.2) is 11.3 Å². The van der Waals surface area contributed by atoms with E-state index >= 15 is 0 Å². The molecule has 2 aromatic heterocycles. The number of aryl methyl sites for hydroxylation is 1. The Morgan fingerprint density at radius 2 is 1.97 bits per heavy atom. The summed E-state index contributed by atoms with van der Waals surface area (Å²) in [5.74, 6) is -0.471. The number of benzene rings is 1. The largest absolute Gasteiger partial charge is 0.493 e. The maximum absolute atomic E-state index is 13.0. The Bertz CT molecular complexity index is 1190. The molecule has 0 aliphatic heterocycles. The van der Waals surface area contributed by atoms with Crippen molar-refractivity contribution in [3.63, 3.8) is 0 Å². The highest BCUT2D eigenvalue weighted by atomic mass is 32.1. The normalized spacial score (nSPS) is 13.4. The molecular weight excluding hydrogens is 404 g/mol. The quantitative estimate of drug-likeness (QED) is 0.479. The van der Waals surface area contributed by atoms with Crippen LogP contribution in [0.5, 0.6) is 5.75 Å². The highest BCUT2D eigenvalue weighted by Gasteiger charge is 2.27. The molecule has 7 nitrogen and oxygen atoms in total. The number of amides is 1. The van der Waals surface area contributed by atoms with Crippen LogP contribution in [-0.2, 0) is 17.6 Å². The second-order valence-electron chi connectivity index (χ2n) is 7.08. The summed E-state index contributed by atoms with van der Waals surface area (Å²) in [7, 11) is 2.86. The minimum absolute atomic E-state index is 0.0789. The Morgan fingerprint density at radius 3 is 2.73 bits per heavy atom. The van der Waals surface area contributed by atoms with Crippen molar-refractivity contribution in [3.8, 4) is 5.75 Å². The van der Waals surface area contributed by atoms with Gasteiger partial charge >= 0.3 is 5.97 Å². The molecule has 0 fully saturated rings. The fourth-order valence-electron chi connectivity index (χ4n) is 3.78. The van der Waals surface area contributed by atoms with E-state index in [4.69, 9.17) is 19.3 Å². The first-order valence-electron chi connectivity index (χ1n) is 9.73. The molecule has 0 atom stereocenters. The molecule has 1 aliphatic carbocycles. The van der Waals surface area contributed by atoms with Crippen molar-refractivity contribution in [2.45, 2.75) is 32.1 Å². The molecule has 1 amide bonds. The molecule has 0 saturated carbocycles. The third kappa shape index (κ3) is 3.59. The van der Waals surface area contributed by atoms with Gasteiger partial charge in [0.25, 0.3) is 5.91 Å². The number of fused-ring (bicyclic) bond motifs is 2. The van der Waals surface area contributed by atoms with Crippen LogP contribution < -0.4 is 15.6 Å². The van der Waals surface area contributed by atoms with Gasteiger partial charge in [-0.25, -0.2) is 4.79 Å². The second kappa shape index (κ2) is 8.31. The van der Waals surface area contributed by atoms with Crippen LogP contribution in [0.15, 0.2) is 28.7 Å². The number of hydrogen-bond acceptors (Lipinski definition) is 7. The minimum Gasteiger partial charge on any atom is -0.493 e. The standard InChI is InChI=1S/C22H22N2O5S/c1-27-15-9-6-7-12-11-14(19(23)29-18(12)15)20(25)24-21-17(22(26)28-2)13-8-4-3-5-10-16(13)30-21/h6-7,9,11,23H,3-5,8,10H2,1-2H3,(H,24,25). The first kappa shape index (κ1) is 20.2. The van der Waals surface area contributed by atoms with Crippen molar-refractivity contribution in [1.29, 1.82) is 5.41 Å². The van der Waals surface area contributed by atoms with E-state index in [1.165, 1.54) is 25.6 Å². The first-order valence-corrected chi connectivity index (χ1v) is 10.5. The number of hydrogen-bond donors (Lipinski definition) is 2. The van der Waals surface area contributed by atoms with E-state index in [0.717, 1.165) is 42.5 Å². The van der Waals surface area contributed by atoms with Gasteiger partial charge in [0, 0.05) is 10.3 Å². The predicted molar refractivity (Wildman–Crippen MR) is 113 cm³/mol. The Kier molecular flexibility index (Phi) is 5.59. The molecule has 0 radical (unpaired) electrons. The molecule has 0 unspecified atom stereocenters. The number of anilines is 1. The summed E-state index contributed by atoms with van der Waals surface area (Å²) in [5, 5.41) is 12.1. The zero-order valence-corrected chi connectivity index (χ0v) is 17.6. The fourth-order valence-corrected chi connectivity index (χ4v) is 5.05. The van der Waals surface area contributed by atoms with Gasteiger partial charge in [0.1, 0.15) is 10.6 Å². The van der Waals surface area contributed by atoms with Gasteiger partial charge in [-0.15, -0.1) is 11.3 Å². The summed E-state index contributed by atoms with van der Waals surface area (Å²) in [5.41, 5.74) is 1.61. The van der Waals surface area contributed by atoms with Gasteiger partial charge in [-0.3, -0.25) is 10.2 Å². The maximum atomic E-state index is 13.0. The Labute approximate surface area is 177 Å². The van der Waals surface area contributed by atoms with Crippen molar-refractivity contribution in [2.24, 2.45) is 0 Å². The zero-order chi connectivity index (χ0) is 21.3. The van der Waals surface area contributed by atoms with E-state index in [-0.39, 0.29) is 11.1 Å². The minimum atomic E-state index is -0.505. The molecule has 8 heteroatoms. The monoisotopic (exact) mass is 426 g/mol. The Balaban J connectivity index is 1.73. The highest BCUT2D eigenvalue weighted by molar-refractivity contribution is 7.17. The number of carbonyl (C=O) groups excluding carboxylic acids is 2. The van der Waals surface area contributed by atoms with E-state index in [1.807, 2.05) is 0 Å². The van der Waals surface area contributed by atoms with Crippen LogP contribution in [0.3, 0.4) is 0 Å². The van der Waals surface area contributed by atoms with Crippen molar-refractivity contribution >= 4 is 39.2 Å². The van der Waals surface area contributed by atoms with Crippen LogP contribution in [0.4, 0.5) is 5.00 Å². The fraction of sp³-hybridized carbons (Fsp3) is 0.318. The molecule has 2 heterocycles. The summed E-state index contributed by atoms with van der Waals surface area (Å²) < 4.78 is 15.8. The van der Waals surface area contributed by atoms with Crippen LogP contribution in [0.2, 0.25) is 0 Å². The van der Waals surface area contributed by atoms with Gasteiger partial charge in [0.05, 0.1) is 19.8 Å². The van der Waals surface area contributed by atoms with Crippen molar-refractivity contribution in [3.05, 3.63) is 51.4 Å². The third-order valence-electron chi connectivity index (χ3n) is 5.26. The summed E-state index contributed by atoms with van der Waals surface area (Å²) in [6, 6.07) is 6.89. The zero-order valence-electron chi connectivity index (χ0n) is 16.8. The van der Waals surface area contributed by atoms with E-state index in [0.29, 0.717) is 27.3 Å². The molecule has 30 heavy (non-hydrogen) atoms. The molecule has 1 aliphatic rings. The van der Waals surface area contributed by atoms with Crippen LogP contribution in [0.25, 0.3) is 11.0 Å². The highest BCUT2D eigenvalue weighted by Crippen LogP contribution is 2.38. The molecule has 3 aromatic rings. The number of nitrogens with one attached hydrogen (secondary N) is 2. The summed E-state index contributed by atoms with van der Waals surface area (Å²) >= 11 is 1.41. The molecule has 0 spiro atoms. The number of thiophene rings is 1. The van der Waals surface area contributed by atoms with Crippen molar-refractivity contribution in [1.82, 2.24) is 0 Å². The molecule has 0 saturated heterocycles. The lowest BCUT2D eigenvalue weighted by Gasteiger charge is -2.09. The van der Waals surface area contributed by atoms with Crippen LogP contribution in [-0.4, -0.2) is 26.1 Å². The van der Waals surface area contributed by atoms with Gasteiger partial charge in [-0.05, 0) is 43.4 Å². The number of ether oxygens (including phenoxy) is 2. The third-order valence-corrected chi connectivity index (χ3v) is 6.47. The molecule has 1 aromatic carbocycles. The smallest absolute Gasteiger partial charge is 0.341 e. The molecule has 4 rings (SSSR count). The lowest BCUT2D eigenvalue weighted by atomic mass is 10.1. The molecule has 0 bridgehead atoms. The Morgan fingerprint density at radius 1 is 1.17 bits per heavy atom. The van der Waals surface area contributed by atoms with Crippen LogP contribution in [0, 0.1) is 5.41 Å². The number of esters is 1. The van der Waals surface area contributed by atoms with Gasteiger partial charge in [-0.2, -0.15) is 0 Å². The van der Waals surface area contributed by atoms with Gasteiger partial charge in [-0.1, -0.05) is 18.6 Å². The lowest BCUT2D eigenvalue weighted by molar-refractivity contribution is 0.0601. The number of rotatable bonds is 4.